The minimum Gasteiger partial charge on any atom is -0.393 e. The van der Waals surface area contributed by atoms with Crippen LogP contribution < -0.4 is 5.32 Å². The fraction of sp³-hybridized carbons (Fsp3) is 0.333. The van der Waals surface area contributed by atoms with E-state index in [1.807, 2.05) is 30.3 Å². The Kier molecular flexibility index (Phi) is 6.19. The third-order valence-corrected chi connectivity index (χ3v) is 3.66. The molecule has 5 heteroatoms. The lowest BCUT2D eigenvalue weighted by molar-refractivity contribution is 0.173. The molecule has 0 radical (unpaired) electrons. The molecule has 0 aromatic heterocycles. The van der Waals surface area contributed by atoms with E-state index in [1.165, 1.54) is 0 Å². The van der Waals surface area contributed by atoms with E-state index in [9.17, 15) is 18.3 Å². The monoisotopic (exact) mass is 323 g/mol. The zero-order valence-corrected chi connectivity index (χ0v) is 12.9. The molecule has 2 rings (SSSR count). The molecule has 0 amide bonds. The van der Waals surface area contributed by atoms with Crippen LogP contribution in [0.4, 0.5) is 13.2 Å². The van der Waals surface area contributed by atoms with E-state index in [0.29, 0.717) is 18.5 Å². The maximum absolute atomic E-state index is 13.2. The van der Waals surface area contributed by atoms with E-state index in [-0.39, 0.29) is 12.5 Å². The first-order valence-corrected chi connectivity index (χ1v) is 7.54. The van der Waals surface area contributed by atoms with Gasteiger partial charge in [-0.1, -0.05) is 30.3 Å². The van der Waals surface area contributed by atoms with Gasteiger partial charge in [0.15, 0.2) is 17.5 Å². The highest BCUT2D eigenvalue weighted by Crippen LogP contribution is 2.21. The molecule has 2 atom stereocenters. The van der Waals surface area contributed by atoms with Gasteiger partial charge in [-0.15, -0.1) is 0 Å². The SMILES string of the molecule is CC(O)CC(CNCc1cc(F)c(F)c(F)c1)c1ccccc1. The van der Waals surface area contributed by atoms with Gasteiger partial charge in [-0.3, -0.25) is 0 Å². The second-order valence-corrected chi connectivity index (χ2v) is 5.70. The number of hydrogen-bond acceptors (Lipinski definition) is 2. The zero-order valence-electron chi connectivity index (χ0n) is 12.9. The van der Waals surface area contributed by atoms with Crippen LogP contribution in [0.15, 0.2) is 42.5 Å². The Balaban J connectivity index is 1.99. The summed E-state index contributed by atoms with van der Waals surface area (Å²) in [6, 6.07) is 11.7. The highest BCUT2D eigenvalue weighted by molar-refractivity contribution is 5.21. The van der Waals surface area contributed by atoms with Gasteiger partial charge < -0.3 is 10.4 Å². The summed E-state index contributed by atoms with van der Waals surface area (Å²) in [5, 5.41) is 12.7. The predicted molar refractivity (Wildman–Crippen MR) is 83.5 cm³/mol. The van der Waals surface area contributed by atoms with E-state index in [4.69, 9.17) is 0 Å². The third-order valence-electron chi connectivity index (χ3n) is 3.66. The Hall–Kier alpha value is -1.85. The molecule has 0 saturated carbocycles. The van der Waals surface area contributed by atoms with Crippen molar-refractivity contribution in [2.24, 2.45) is 0 Å². The maximum Gasteiger partial charge on any atom is 0.194 e. The van der Waals surface area contributed by atoms with Crippen molar-refractivity contribution in [3.8, 4) is 0 Å². The molecule has 0 fully saturated rings. The van der Waals surface area contributed by atoms with Gasteiger partial charge in [-0.05, 0) is 42.5 Å². The predicted octanol–water partition coefficient (Wildman–Crippen LogP) is 3.75. The zero-order chi connectivity index (χ0) is 16.8. The van der Waals surface area contributed by atoms with Gasteiger partial charge in [0.1, 0.15) is 0 Å². The van der Waals surface area contributed by atoms with Gasteiger partial charge in [0, 0.05) is 13.1 Å². The highest BCUT2D eigenvalue weighted by atomic mass is 19.2. The van der Waals surface area contributed by atoms with Crippen LogP contribution in [0.3, 0.4) is 0 Å². The topological polar surface area (TPSA) is 32.3 Å². The van der Waals surface area contributed by atoms with Crippen LogP contribution in [0, 0.1) is 17.5 Å². The number of nitrogens with one attached hydrogen (secondary N) is 1. The Bertz CT molecular complexity index is 608. The molecule has 0 aliphatic heterocycles. The summed E-state index contributed by atoms with van der Waals surface area (Å²) < 4.78 is 39.3. The fourth-order valence-corrected chi connectivity index (χ4v) is 2.58. The van der Waals surface area contributed by atoms with Crippen molar-refractivity contribution in [1.82, 2.24) is 5.32 Å². The van der Waals surface area contributed by atoms with Crippen LogP contribution in [-0.4, -0.2) is 17.8 Å². The van der Waals surface area contributed by atoms with Crippen molar-refractivity contribution < 1.29 is 18.3 Å². The molecule has 0 aliphatic rings. The standard InChI is InChI=1S/C18H20F3NO/c1-12(23)7-15(14-5-3-2-4-6-14)11-22-10-13-8-16(19)18(21)17(20)9-13/h2-6,8-9,12,15,22-23H,7,10-11H2,1H3. The Morgan fingerprint density at radius 2 is 1.65 bits per heavy atom. The molecule has 23 heavy (non-hydrogen) atoms. The smallest absolute Gasteiger partial charge is 0.194 e. The van der Waals surface area contributed by atoms with Crippen molar-refractivity contribution in [2.75, 3.05) is 6.54 Å². The first kappa shape index (κ1) is 17.5. The molecule has 0 bridgehead atoms. The third kappa shape index (κ3) is 5.08. The van der Waals surface area contributed by atoms with Gasteiger partial charge in [-0.2, -0.15) is 0 Å². The molecule has 0 heterocycles. The first-order chi connectivity index (χ1) is 11.0. The Morgan fingerprint density at radius 3 is 2.22 bits per heavy atom. The van der Waals surface area contributed by atoms with E-state index >= 15 is 0 Å². The van der Waals surface area contributed by atoms with E-state index in [0.717, 1.165) is 17.7 Å². The Labute approximate surface area is 134 Å². The summed E-state index contributed by atoms with van der Waals surface area (Å²) in [5.41, 5.74) is 1.42. The average Bonchev–Trinajstić information content (AvgIpc) is 2.52. The number of aliphatic hydroxyl groups is 1. The summed E-state index contributed by atoms with van der Waals surface area (Å²) in [7, 11) is 0. The molecule has 2 aromatic rings. The van der Waals surface area contributed by atoms with Gasteiger partial charge in [-0.25, -0.2) is 13.2 Å². The minimum atomic E-state index is -1.45. The number of rotatable bonds is 7. The molecule has 124 valence electrons. The fourth-order valence-electron chi connectivity index (χ4n) is 2.58. The minimum absolute atomic E-state index is 0.0753. The molecule has 2 unspecified atom stereocenters. The van der Waals surface area contributed by atoms with Gasteiger partial charge >= 0.3 is 0 Å². The van der Waals surface area contributed by atoms with Crippen LogP contribution >= 0.6 is 0 Å². The number of aliphatic hydroxyl groups excluding tert-OH is 1. The Morgan fingerprint density at radius 1 is 1.04 bits per heavy atom. The van der Waals surface area contributed by atoms with Crippen LogP contribution in [0.1, 0.15) is 30.4 Å². The number of benzene rings is 2. The van der Waals surface area contributed by atoms with Crippen LogP contribution in [0.5, 0.6) is 0 Å². The molecular weight excluding hydrogens is 303 g/mol. The quantitative estimate of drug-likeness (QED) is 0.761. The molecule has 0 spiro atoms. The highest BCUT2D eigenvalue weighted by Gasteiger charge is 2.15. The van der Waals surface area contributed by atoms with Gasteiger partial charge in [0.25, 0.3) is 0 Å². The van der Waals surface area contributed by atoms with Crippen molar-refractivity contribution in [3.63, 3.8) is 0 Å². The average molecular weight is 323 g/mol. The normalized spacial score (nSPS) is 13.8. The summed E-state index contributed by atoms with van der Waals surface area (Å²) in [4.78, 5) is 0. The van der Waals surface area contributed by atoms with Crippen molar-refractivity contribution >= 4 is 0 Å². The summed E-state index contributed by atoms with van der Waals surface area (Å²) in [6.45, 7) is 2.48. The van der Waals surface area contributed by atoms with Crippen molar-refractivity contribution in [3.05, 3.63) is 71.0 Å². The molecule has 0 aliphatic carbocycles. The second kappa shape index (κ2) is 8.13. The van der Waals surface area contributed by atoms with Gasteiger partial charge in [0.05, 0.1) is 6.10 Å². The second-order valence-electron chi connectivity index (χ2n) is 5.70. The summed E-state index contributed by atoms with van der Waals surface area (Å²) in [5.74, 6) is -3.76. The van der Waals surface area contributed by atoms with E-state index < -0.39 is 23.6 Å². The molecule has 0 saturated heterocycles. The molecule has 2 aromatic carbocycles. The summed E-state index contributed by atoms with van der Waals surface area (Å²) in [6.07, 6.45) is 0.117. The number of hydrogen-bond donors (Lipinski definition) is 2. The van der Waals surface area contributed by atoms with Crippen molar-refractivity contribution in [1.29, 1.82) is 0 Å². The first-order valence-electron chi connectivity index (χ1n) is 7.54. The van der Waals surface area contributed by atoms with E-state index in [2.05, 4.69) is 5.32 Å². The lowest BCUT2D eigenvalue weighted by Gasteiger charge is -2.20. The van der Waals surface area contributed by atoms with Crippen LogP contribution in [0.25, 0.3) is 0 Å². The lowest BCUT2D eigenvalue weighted by Crippen LogP contribution is -2.24. The van der Waals surface area contributed by atoms with Crippen LogP contribution in [-0.2, 0) is 6.54 Å². The van der Waals surface area contributed by atoms with Gasteiger partial charge in [0.2, 0.25) is 0 Å². The largest absolute Gasteiger partial charge is 0.393 e. The molecule has 2 nitrogen and oxygen atoms in total. The molecule has 2 N–H and O–H groups in total. The van der Waals surface area contributed by atoms with E-state index in [1.54, 1.807) is 6.92 Å². The number of halogens is 3. The molecular formula is C18H20F3NO. The summed E-state index contributed by atoms with van der Waals surface area (Å²) >= 11 is 0. The maximum atomic E-state index is 13.2. The lowest BCUT2D eigenvalue weighted by atomic mass is 9.93. The van der Waals surface area contributed by atoms with Crippen LogP contribution in [0.2, 0.25) is 0 Å². The van der Waals surface area contributed by atoms with Crippen molar-refractivity contribution in [2.45, 2.75) is 31.9 Å².